The molecule has 4 amide bonds. The molecule has 1 aromatic heterocycles. The zero-order valence-electron chi connectivity index (χ0n) is 22.7. The van der Waals surface area contributed by atoms with Crippen molar-refractivity contribution in [3.05, 3.63) is 29.7 Å². The van der Waals surface area contributed by atoms with Gasteiger partial charge in [0.05, 0.1) is 26.8 Å². The number of carbonyl (C=O) groups is 4. The van der Waals surface area contributed by atoms with Crippen LogP contribution in [0.25, 0.3) is 11.5 Å². The molecule has 3 heterocycles. The molecule has 0 radical (unpaired) electrons. The normalized spacial score (nSPS) is 20.8. The zero-order chi connectivity index (χ0) is 28.1. The Labute approximate surface area is 226 Å². The molecule has 0 saturated carbocycles. The van der Waals surface area contributed by atoms with Gasteiger partial charge in [-0.25, -0.2) is 4.98 Å². The van der Waals surface area contributed by atoms with Gasteiger partial charge in [0.1, 0.15) is 23.5 Å². The Morgan fingerprint density at radius 2 is 1.97 bits per heavy atom. The first-order chi connectivity index (χ1) is 18.7. The predicted octanol–water partition coefficient (Wildman–Crippen LogP) is 1.31. The van der Waals surface area contributed by atoms with Crippen molar-refractivity contribution in [1.29, 1.82) is 0 Å². The molecule has 2 aliphatic heterocycles. The molecule has 4 bridgehead atoms. The molecule has 1 fully saturated rings. The Morgan fingerprint density at radius 1 is 1.18 bits per heavy atom. The highest BCUT2D eigenvalue weighted by molar-refractivity contribution is 5.94. The lowest BCUT2D eigenvalue weighted by Crippen LogP contribution is -2.54. The van der Waals surface area contributed by atoms with Gasteiger partial charge in [0.25, 0.3) is 0 Å². The van der Waals surface area contributed by atoms with Gasteiger partial charge in [0.2, 0.25) is 29.5 Å². The van der Waals surface area contributed by atoms with Crippen molar-refractivity contribution in [2.24, 2.45) is 5.92 Å². The minimum absolute atomic E-state index is 0.110. The molecule has 210 valence electrons. The number of oxazole rings is 1. The van der Waals surface area contributed by atoms with Gasteiger partial charge in [-0.1, -0.05) is 13.8 Å². The predicted molar refractivity (Wildman–Crippen MR) is 140 cm³/mol. The van der Waals surface area contributed by atoms with Crippen LogP contribution in [0.1, 0.15) is 44.6 Å². The average molecular weight is 542 g/mol. The van der Waals surface area contributed by atoms with Gasteiger partial charge in [-0.2, -0.15) is 0 Å². The van der Waals surface area contributed by atoms with Crippen LogP contribution in [0.4, 0.5) is 0 Å². The first-order valence-corrected chi connectivity index (χ1v) is 13.1. The molecule has 3 N–H and O–H groups in total. The quantitative estimate of drug-likeness (QED) is 0.526. The summed E-state index contributed by atoms with van der Waals surface area (Å²) in [6.45, 7) is 5.71. The van der Waals surface area contributed by atoms with E-state index in [1.807, 2.05) is 13.8 Å². The van der Waals surface area contributed by atoms with Gasteiger partial charge in [-0.3, -0.25) is 19.2 Å². The van der Waals surface area contributed by atoms with Crippen molar-refractivity contribution < 1.29 is 33.1 Å². The van der Waals surface area contributed by atoms with Crippen LogP contribution in [0, 0.1) is 12.8 Å². The number of fused-ring (bicyclic) bond motifs is 5. The summed E-state index contributed by atoms with van der Waals surface area (Å²) in [5, 5.41) is 8.27. The van der Waals surface area contributed by atoms with Crippen LogP contribution in [0.5, 0.6) is 11.5 Å². The molecule has 2 atom stereocenters. The van der Waals surface area contributed by atoms with Crippen molar-refractivity contribution in [2.45, 2.75) is 58.7 Å². The largest absolute Gasteiger partial charge is 0.493 e. The molecule has 1 saturated heterocycles. The number of carbonyl (C=O) groups excluding carboxylic acids is 4. The summed E-state index contributed by atoms with van der Waals surface area (Å²) in [6, 6.07) is 3.81. The number of hydrogen-bond donors (Lipinski definition) is 3. The molecule has 4 rings (SSSR count). The topological polar surface area (TPSA) is 152 Å². The third kappa shape index (κ3) is 6.68. The van der Waals surface area contributed by atoms with Crippen LogP contribution >= 0.6 is 0 Å². The fourth-order valence-corrected chi connectivity index (χ4v) is 4.57. The molecule has 0 unspecified atom stereocenters. The highest BCUT2D eigenvalue weighted by atomic mass is 16.5. The summed E-state index contributed by atoms with van der Waals surface area (Å²) in [4.78, 5) is 57.0. The molecule has 12 heteroatoms. The fraction of sp³-hybridized carbons (Fsp3) is 0.519. The van der Waals surface area contributed by atoms with Gasteiger partial charge < -0.3 is 34.7 Å². The molecule has 2 aromatic rings. The maximum Gasteiger partial charge on any atom is 0.245 e. The van der Waals surface area contributed by atoms with Crippen LogP contribution in [0.2, 0.25) is 0 Å². The lowest BCUT2D eigenvalue weighted by atomic mass is 10.0. The summed E-state index contributed by atoms with van der Waals surface area (Å²) < 4.78 is 17.3. The molecule has 2 aliphatic rings. The van der Waals surface area contributed by atoms with E-state index in [0.29, 0.717) is 47.2 Å². The smallest absolute Gasteiger partial charge is 0.245 e. The minimum atomic E-state index is -0.821. The Hall–Kier alpha value is -4.09. The average Bonchev–Trinajstić information content (AvgIpc) is 3.51. The first kappa shape index (κ1) is 27.9. The summed E-state index contributed by atoms with van der Waals surface area (Å²) in [5.74, 6) is 0.322. The summed E-state index contributed by atoms with van der Waals surface area (Å²) in [5.41, 5.74) is 1.23. The number of nitrogens with zero attached hydrogens (tertiary/aromatic N) is 2. The van der Waals surface area contributed by atoms with Crippen molar-refractivity contribution >= 4 is 23.6 Å². The van der Waals surface area contributed by atoms with Crippen LogP contribution in [0.3, 0.4) is 0 Å². The second-order valence-corrected chi connectivity index (χ2v) is 10.0. The van der Waals surface area contributed by atoms with E-state index < -0.39 is 18.0 Å². The maximum absolute atomic E-state index is 13.2. The van der Waals surface area contributed by atoms with E-state index in [0.717, 1.165) is 0 Å². The highest BCUT2D eigenvalue weighted by Gasteiger charge is 2.32. The van der Waals surface area contributed by atoms with Gasteiger partial charge in [0, 0.05) is 18.5 Å². The molecule has 0 aliphatic carbocycles. The lowest BCUT2D eigenvalue weighted by molar-refractivity contribution is -0.139. The molecule has 39 heavy (non-hydrogen) atoms. The number of nitrogens with one attached hydrogen (secondary N) is 3. The number of ether oxygens (including phenoxy) is 2. The second kappa shape index (κ2) is 12.2. The molecular formula is C27H35N5O7. The van der Waals surface area contributed by atoms with Gasteiger partial charge >= 0.3 is 0 Å². The van der Waals surface area contributed by atoms with Gasteiger partial charge in [0.15, 0.2) is 11.5 Å². The number of hydrogen-bond acceptors (Lipinski definition) is 8. The van der Waals surface area contributed by atoms with E-state index in [2.05, 4.69) is 20.9 Å². The van der Waals surface area contributed by atoms with E-state index in [1.165, 1.54) is 12.0 Å². The van der Waals surface area contributed by atoms with E-state index >= 15 is 0 Å². The standard InChI is InChI=1S/C27H35N5O7/c1-15(2)24-25(35)28-13-19-16(3)39-26(30-19)17-6-8-20(37-4)21(12-17)38-11-5-10-32(14-23(34)31-24)27(36)18-7-9-22(33)29-18/h6,8,12,15,18,24H,5,7,9-11,13-14H2,1-4H3,(H,28,35)(H,29,33)(H,31,34)/t18-,24+/m1/s1. The van der Waals surface area contributed by atoms with E-state index in [4.69, 9.17) is 13.9 Å². The molecular weight excluding hydrogens is 506 g/mol. The molecule has 12 nitrogen and oxygen atoms in total. The third-order valence-corrected chi connectivity index (χ3v) is 6.77. The Morgan fingerprint density at radius 3 is 2.67 bits per heavy atom. The summed E-state index contributed by atoms with van der Waals surface area (Å²) >= 11 is 0. The van der Waals surface area contributed by atoms with Gasteiger partial charge in [-0.15, -0.1) is 0 Å². The van der Waals surface area contributed by atoms with E-state index in [9.17, 15) is 19.2 Å². The van der Waals surface area contributed by atoms with E-state index in [1.54, 1.807) is 25.1 Å². The van der Waals surface area contributed by atoms with Crippen molar-refractivity contribution in [3.63, 3.8) is 0 Å². The zero-order valence-corrected chi connectivity index (χ0v) is 22.7. The number of amides is 4. The van der Waals surface area contributed by atoms with Gasteiger partial charge in [-0.05, 0) is 43.9 Å². The number of methoxy groups -OCH3 is 1. The van der Waals surface area contributed by atoms with Crippen LogP contribution in [0.15, 0.2) is 22.6 Å². The van der Waals surface area contributed by atoms with E-state index in [-0.39, 0.29) is 56.3 Å². The molecule has 1 aromatic carbocycles. The number of benzene rings is 1. The number of aryl methyl sites for hydroxylation is 1. The second-order valence-electron chi connectivity index (χ2n) is 10.0. The van der Waals surface area contributed by atoms with Crippen LogP contribution < -0.4 is 25.4 Å². The van der Waals surface area contributed by atoms with Crippen molar-refractivity contribution in [1.82, 2.24) is 25.8 Å². The summed E-state index contributed by atoms with van der Waals surface area (Å²) in [6.07, 6.45) is 1.04. The number of rotatable bonds is 3. The van der Waals surface area contributed by atoms with Crippen LogP contribution in [-0.2, 0) is 25.7 Å². The van der Waals surface area contributed by atoms with Crippen molar-refractivity contribution in [3.8, 4) is 23.0 Å². The fourth-order valence-electron chi connectivity index (χ4n) is 4.57. The highest BCUT2D eigenvalue weighted by Crippen LogP contribution is 2.33. The number of aromatic nitrogens is 1. The Bertz CT molecular complexity index is 1240. The van der Waals surface area contributed by atoms with Crippen molar-refractivity contribution in [2.75, 3.05) is 26.8 Å². The molecule has 0 spiro atoms. The Kier molecular flexibility index (Phi) is 8.72. The lowest BCUT2D eigenvalue weighted by Gasteiger charge is -2.27. The SMILES string of the molecule is COc1ccc2cc1OCCCN(C(=O)[C@H]1CCC(=O)N1)CC(=O)N[C@@H](C(C)C)C(=O)NCc1nc-2oc1C. The minimum Gasteiger partial charge on any atom is -0.493 e. The Balaban J connectivity index is 1.62. The first-order valence-electron chi connectivity index (χ1n) is 13.1. The maximum atomic E-state index is 13.2. The monoisotopic (exact) mass is 541 g/mol. The van der Waals surface area contributed by atoms with Crippen LogP contribution in [-0.4, -0.2) is 72.4 Å². The third-order valence-electron chi connectivity index (χ3n) is 6.77. The summed E-state index contributed by atoms with van der Waals surface area (Å²) in [7, 11) is 1.54.